The number of hydrogen-bond donors (Lipinski definition) is 2. The Morgan fingerprint density at radius 1 is 1.17 bits per heavy atom. The minimum Gasteiger partial charge on any atom is -0.349 e. The van der Waals surface area contributed by atoms with Gasteiger partial charge in [0.05, 0.1) is 19.6 Å². The molecule has 0 radical (unpaired) electrons. The molecular formula is C22H26FN6O+. The lowest BCUT2D eigenvalue weighted by Crippen LogP contribution is -3.12. The normalized spacial score (nSPS) is 18.9. The van der Waals surface area contributed by atoms with E-state index in [9.17, 15) is 9.18 Å². The fourth-order valence-corrected chi connectivity index (χ4v) is 3.90. The number of carbonyl (C=O) groups excluding carboxylic acids is 1. The maximum absolute atomic E-state index is 13.1. The molecule has 4 rings (SSSR count). The molecule has 8 heteroatoms. The number of halogens is 1. The highest BCUT2D eigenvalue weighted by Gasteiger charge is 2.25. The van der Waals surface area contributed by atoms with Crippen molar-refractivity contribution in [3.05, 3.63) is 76.9 Å². The number of quaternary nitrogens is 1. The van der Waals surface area contributed by atoms with Gasteiger partial charge in [-0.15, -0.1) is 5.10 Å². The minimum atomic E-state index is -0.252. The van der Waals surface area contributed by atoms with Crippen LogP contribution in [0.5, 0.6) is 0 Å². The first-order chi connectivity index (χ1) is 14.6. The summed E-state index contributed by atoms with van der Waals surface area (Å²) in [7, 11) is 0. The van der Waals surface area contributed by atoms with Crippen LogP contribution in [0.15, 0.2) is 48.5 Å². The monoisotopic (exact) mass is 409 g/mol. The van der Waals surface area contributed by atoms with E-state index in [2.05, 4.69) is 20.8 Å². The van der Waals surface area contributed by atoms with Crippen molar-refractivity contribution in [2.75, 3.05) is 13.1 Å². The number of aromatic nitrogens is 4. The molecule has 1 aliphatic rings. The molecule has 3 aromatic rings. The highest BCUT2D eigenvalue weighted by Crippen LogP contribution is 2.09. The van der Waals surface area contributed by atoms with Crippen LogP contribution < -0.4 is 10.2 Å². The summed E-state index contributed by atoms with van der Waals surface area (Å²) in [5.74, 6) is 0.569. The first-order valence-electron chi connectivity index (χ1n) is 10.3. The molecule has 0 spiro atoms. The third kappa shape index (κ3) is 4.88. The molecule has 2 heterocycles. The van der Waals surface area contributed by atoms with Gasteiger partial charge in [-0.3, -0.25) is 4.79 Å². The zero-order valence-electron chi connectivity index (χ0n) is 17.0. The van der Waals surface area contributed by atoms with E-state index in [-0.39, 0.29) is 17.8 Å². The Morgan fingerprint density at radius 3 is 2.63 bits per heavy atom. The van der Waals surface area contributed by atoms with Gasteiger partial charge in [0.2, 0.25) is 5.82 Å². The van der Waals surface area contributed by atoms with E-state index in [1.165, 1.54) is 17.0 Å². The van der Waals surface area contributed by atoms with Crippen molar-refractivity contribution in [3.63, 3.8) is 0 Å². The van der Waals surface area contributed by atoms with Gasteiger partial charge in [-0.1, -0.05) is 30.3 Å². The number of amides is 1. The van der Waals surface area contributed by atoms with Crippen molar-refractivity contribution in [1.82, 2.24) is 25.5 Å². The van der Waals surface area contributed by atoms with Crippen LogP contribution in [-0.2, 0) is 13.1 Å². The number of hydrogen-bond acceptors (Lipinski definition) is 4. The van der Waals surface area contributed by atoms with Crippen LogP contribution in [0.3, 0.4) is 0 Å². The molecule has 1 fully saturated rings. The summed E-state index contributed by atoms with van der Waals surface area (Å²) in [5.41, 5.74) is 2.69. The second-order valence-corrected chi connectivity index (χ2v) is 7.87. The van der Waals surface area contributed by atoms with Crippen molar-refractivity contribution < 1.29 is 14.1 Å². The van der Waals surface area contributed by atoms with E-state index in [0.717, 1.165) is 55.0 Å². The molecule has 7 nitrogen and oxygen atoms in total. The largest absolute Gasteiger partial charge is 0.349 e. The number of benzene rings is 2. The smallest absolute Gasteiger partial charge is 0.251 e. The second kappa shape index (κ2) is 9.13. The Hall–Kier alpha value is -3.13. The van der Waals surface area contributed by atoms with Gasteiger partial charge in [0, 0.05) is 24.4 Å². The Morgan fingerprint density at radius 2 is 1.90 bits per heavy atom. The van der Waals surface area contributed by atoms with Crippen molar-refractivity contribution >= 4 is 5.91 Å². The standard InChI is InChI=1S/C22H25FN6O/c1-16-4-2-3-5-20(16)22(30)24-19-10-12-28(13-11-19)15-21-25-26-27-29(21)14-17-6-8-18(23)9-7-17/h2-9,19H,10-15H2,1H3,(H,24,30)/p+1. The Kier molecular flexibility index (Phi) is 6.13. The van der Waals surface area contributed by atoms with Gasteiger partial charge >= 0.3 is 0 Å². The molecule has 0 bridgehead atoms. The molecule has 156 valence electrons. The number of tetrazole rings is 1. The maximum Gasteiger partial charge on any atom is 0.251 e. The van der Waals surface area contributed by atoms with Crippen LogP contribution in [0.25, 0.3) is 0 Å². The molecule has 0 aliphatic carbocycles. The average Bonchev–Trinajstić information content (AvgIpc) is 3.18. The predicted octanol–water partition coefficient (Wildman–Crippen LogP) is 1.15. The van der Waals surface area contributed by atoms with E-state index in [0.29, 0.717) is 6.54 Å². The van der Waals surface area contributed by atoms with Gasteiger partial charge < -0.3 is 10.2 Å². The zero-order chi connectivity index (χ0) is 20.9. The summed E-state index contributed by atoms with van der Waals surface area (Å²) >= 11 is 0. The Bertz CT molecular complexity index is 995. The number of rotatable bonds is 6. The lowest BCUT2D eigenvalue weighted by Gasteiger charge is -2.29. The van der Waals surface area contributed by atoms with E-state index in [1.54, 1.807) is 16.8 Å². The van der Waals surface area contributed by atoms with Gasteiger partial charge in [0.25, 0.3) is 5.91 Å². The molecule has 0 atom stereocenters. The number of carbonyl (C=O) groups is 1. The van der Waals surface area contributed by atoms with E-state index < -0.39 is 0 Å². The first-order valence-corrected chi connectivity index (χ1v) is 10.3. The van der Waals surface area contributed by atoms with Crippen molar-refractivity contribution in [3.8, 4) is 0 Å². The fraction of sp³-hybridized carbons (Fsp3) is 0.364. The zero-order valence-corrected chi connectivity index (χ0v) is 17.0. The quantitative estimate of drug-likeness (QED) is 0.640. The second-order valence-electron chi connectivity index (χ2n) is 7.87. The molecule has 1 saturated heterocycles. The van der Waals surface area contributed by atoms with Crippen LogP contribution in [0.4, 0.5) is 4.39 Å². The van der Waals surface area contributed by atoms with Crippen LogP contribution >= 0.6 is 0 Å². The molecule has 1 aromatic heterocycles. The SMILES string of the molecule is Cc1ccccc1C(=O)NC1CC[NH+](Cc2nnnn2Cc2ccc(F)cc2)CC1. The predicted molar refractivity (Wildman–Crippen MR) is 109 cm³/mol. The number of nitrogens with zero attached hydrogens (tertiary/aromatic N) is 4. The highest BCUT2D eigenvalue weighted by molar-refractivity contribution is 5.95. The number of nitrogens with one attached hydrogen (secondary N) is 2. The molecule has 0 unspecified atom stereocenters. The molecule has 2 aromatic carbocycles. The van der Waals surface area contributed by atoms with Gasteiger partial charge in [-0.2, -0.15) is 0 Å². The van der Waals surface area contributed by atoms with E-state index in [1.807, 2.05) is 31.2 Å². The van der Waals surface area contributed by atoms with E-state index in [4.69, 9.17) is 0 Å². The molecule has 0 saturated carbocycles. The average molecular weight is 409 g/mol. The summed E-state index contributed by atoms with van der Waals surface area (Å²) in [4.78, 5) is 13.9. The third-order valence-electron chi connectivity index (χ3n) is 5.68. The van der Waals surface area contributed by atoms with Crippen molar-refractivity contribution in [2.24, 2.45) is 0 Å². The summed E-state index contributed by atoms with van der Waals surface area (Å²) < 4.78 is 14.9. The topological polar surface area (TPSA) is 77.1 Å². The summed E-state index contributed by atoms with van der Waals surface area (Å²) in [5, 5.41) is 15.3. The van der Waals surface area contributed by atoms with Gasteiger partial charge in [-0.05, 0) is 46.7 Å². The van der Waals surface area contributed by atoms with Crippen molar-refractivity contribution in [1.29, 1.82) is 0 Å². The lowest BCUT2D eigenvalue weighted by atomic mass is 10.0. The van der Waals surface area contributed by atoms with Crippen LogP contribution in [0.1, 0.15) is 40.2 Å². The van der Waals surface area contributed by atoms with Gasteiger partial charge in [0.1, 0.15) is 12.4 Å². The summed E-state index contributed by atoms with van der Waals surface area (Å²) in [6.45, 7) is 5.10. The van der Waals surface area contributed by atoms with Gasteiger partial charge in [0.15, 0.2) is 0 Å². The highest BCUT2D eigenvalue weighted by atomic mass is 19.1. The van der Waals surface area contributed by atoms with E-state index >= 15 is 0 Å². The lowest BCUT2D eigenvalue weighted by molar-refractivity contribution is -0.919. The minimum absolute atomic E-state index is 0.00444. The number of piperidine rings is 1. The molecular weight excluding hydrogens is 383 g/mol. The van der Waals surface area contributed by atoms with Crippen LogP contribution in [0, 0.1) is 12.7 Å². The molecule has 1 aliphatic heterocycles. The van der Waals surface area contributed by atoms with Crippen LogP contribution in [-0.4, -0.2) is 45.2 Å². The van der Waals surface area contributed by atoms with Crippen LogP contribution in [0.2, 0.25) is 0 Å². The first kappa shape index (κ1) is 20.2. The molecule has 30 heavy (non-hydrogen) atoms. The summed E-state index contributed by atoms with van der Waals surface area (Å²) in [6.07, 6.45) is 1.85. The van der Waals surface area contributed by atoms with Crippen molar-refractivity contribution in [2.45, 2.75) is 38.9 Å². The molecule has 2 N–H and O–H groups in total. The number of aryl methyl sites for hydroxylation is 1. The summed E-state index contributed by atoms with van der Waals surface area (Å²) in [6, 6.07) is 14.2. The molecule has 1 amide bonds. The fourth-order valence-electron chi connectivity index (χ4n) is 3.90. The Balaban J connectivity index is 1.29. The number of likely N-dealkylation sites (tertiary alicyclic amines) is 1. The maximum atomic E-state index is 13.1. The van der Waals surface area contributed by atoms with Gasteiger partial charge in [-0.25, -0.2) is 9.07 Å². The Labute approximate surface area is 174 Å². The third-order valence-corrected chi connectivity index (χ3v) is 5.68.